The lowest BCUT2D eigenvalue weighted by Gasteiger charge is -2.35. The molecule has 100 valence electrons. The van der Waals surface area contributed by atoms with Crippen molar-refractivity contribution < 1.29 is 5.11 Å². The van der Waals surface area contributed by atoms with Crippen LogP contribution in [-0.2, 0) is 6.61 Å². The molecule has 3 nitrogen and oxygen atoms in total. The Balaban J connectivity index is 2.14. The smallest absolute Gasteiger partial charge is 0.128 e. The predicted octanol–water partition coefficient (Wildman–Crippen LogP) is 3.24. The van der Waals surface area contributed by atoms with Gasteiger partial charge in [0.1, 0.15) is 5.82 Å². The summed E-state index contributed by atoms with van der Waals surface area (Å²) in [6.45, 7) is 2.28. The lowest BCUT2D eigenvalue weighted by atomic mass is 9.86. The van der Waals surface area contributed by atoms with Gasteiger partial charge in [-0.15, -0.1) is 0 Å². The van der Waals surface area contributed by atoms with Crippen LogP contribution >= 0.6 is 11.6 Å². The van der Waals surface area contributed by atoms with Crippen molar-refractivity contribution in [2.45, 2.75) is 45.3 Å². The minimum Gasteiger partial charge on any atom is -0.392 e. The highest BCUT2D eigenvalue weighted by Crippen LogP contribution is 2.29. The number of aliphatic hydroxyl groups is 1. The van der Waals surface area contributed by atoms with E-state index in [1.165, 1.54) is 25.7 Å². The lowest BCUT2D eigenvalue weighted by molar-refractivity contribution is 0.281. The van der Waals surface area contributed by atoms with E-state index in [2.05, 4.69) is 23.9 Å². The lowest BCUT2D eigenvalue weighted by Crippen LogP contribution is -2.36. The molecule has 2 rings (SSSR count). The van der Waals surface area contributed by atoms with Gasteiger partial charge in [-0.2, -0.15) is 0 Å². The largest absolute Gasteiger partial charge is 0.392 e. The molecule has 0 saturated heterocycles. The Labute approximate surface area is 114 Å². The molecule has 18 heavy (non-hydrogen) atoms. The Bertz CT molecular complexity index is 411. The maximum Gasteiger partial charge on any atom is 0.128 e. The molecule has 0 radical (unpaired) electrons. The number of hydrogen-bond donors (Lipinski definition) is 1. The molecule has 1 aromatic rings. The fourth-order valence-electron chi connectivity index (χ4n) is 2.72. The zero-order valence-corrected chi connectivity index (χ0v) is 11.8. The minimum absolute atomic E-state index is 0.0384. The van der Waals surface area contributed by atoms with Gasteiger partial charge in [-0.3, -0.25) is 0 Å². The first-order valence-electron chi connectivity index (χ1n) is 6.60. The quantitative estimate of drug-likeness (QED) is 0.914. The summed E-state index contributed by atoms with van der Waals surface area (Å²) in [5.41, 5.74) is 0.748. The summed E-state index contributed by atoms with van der Waals surface area (Å²) in [6.07, 6.45) is 6.69. The van der Waals surface area contributed by atoms with Gasteiger partial charge in [-0.1, -0.05) is 31.4 Å². The molecule has 0 spiro atoms. The molecule has 2 unspecified atom stereocenters. The van der Waals surface area contributed by atoms with Crippen LogP contribution in [0.3, 0.4) is 0 Å². The highest BCUT2D eigenvalue weighted by atomic mass is 35.5. The Morgan fingerprint density at radius 3 is 2.94 bits per heavy atom. The van der Waals surface area contributed by atoms with Crippen molar-refractivity contribution in [3.63, 3.8) is 0 Å². The Morgan fingerprint density at radius 1 is 1.50 bits per heavy atom. The maximum absolute atomic E-state index is 9.25. The van der Waals surface area contributed by atoms with Crippen LogP contribution in [0.15, 0.2) is 12.3 Å². The van der Waals surface area contributed by atoms with E-state index in [1.54, 1.807) is 6.20 Å². The zero-order chi connectivity index (χ0) is 13.1. The maximum atomic E-state index is 9.25. The summed E-state index contributed by atoms with van der Waals surface area (Å²) in [6, 6.07) is 2.44. The van der Waals surface area contributed by atoms with E-state index in [0.717, 1.165) is 17.3 Å². The molecule has 1 aromatic heterocycles. The van der Waals surface area contributed by atoms with Gasteiger partial charge in [0, 0.05) is 24.8 Å². The number of aromatic nitrogens is 1. The van der Waals surface area contributed by atoms with Gasteiger partial charge in [-0.05, 0) is 24.8 Å². The van der Waals surface area contributed by atoms with E-state index in [4.69, 9.17) is 11.6 Å². The van der Waals surface area contributed by atoms with Crippen molar-refractivity contribution in [3.8, 4) is 0 Å². The first-order valence-corrected chi connectivity index (χ1v) is 6.97. The molecule has 1 N–H and O–H groups in total. The Hall–Kier alpha value is -0.800. The Morgan fingerprint density at radius 2 is 2.28 bits per heavy atom. The van der Waals surface area contributed by atoms with Gasteiger partial charge in [0.2, 0.25) is 0 Å². The van der Waals surface area contributed by atoms with Gasteiger partial charge in [0.05, 0.1) is 11.6 Å². The number of nitrogens with zero attached hydrogens (tertiary/aromatic N) is 2. The number of anilines is 1. The van der Waals surface area contributed by atoms with Crippen molar-refractivity contribution in [1.82, 2.24) is 4.98 Å². The summed E-state index contributed by atoms with van der Waals surface area (Å²) in [7, 11) is 2.08. The van der Waals surface area contributed by atoms with E-state index >= 15 is 0 Å². The van der Waals surface area contributed by atoms with Crippen molar-refractivity contribution in [2.75, 3.05) is 11.9 Å². The van der Waals surface area contributed by atoms with Crippen LogP contribution in [0.4, 0.5) is 5.82 Å². The van der Waals surface area contributed by atoms with E-state index in [9.17, 15) is 5.11 Å². The molecule has 0 amide bonds. The summed E-state index contributed by atoms with van der Waals surface area (Å²) in [5.74, 6) is 1.69. The monoisotopic (exact) mass is 268 g/mol. The number of halogens is 1. The van der Waals surface area contributed by atoms with Crippen LogP contribution in [0.1, 0.15) is 38.2 Å². The predicted molar refractivity (Wildman–Crippen MR) is 75.0 cm³/mol. The van der Waals surface area contributed by atoms with Crippen molar-refractivity contribution in [2.24, 2.45) is 5.92 Å². The van der Waals surface area contributed by atoms with E-state index < -0.39 is 0 Å². The molecule has 0 aliphatic heterocycles. The Kier molecular flexibility index (Phi) is 4.46. The fraction of sp³-hybridized carbons (Fsp3) is 0.643. The molecule has 4 heteroatoms. The second-order valence-electron chi connectivity index (χ2n) is 5.33. The number of rotatable bonds is 3. The number of pyridine rings is 1. The summed E-state index contributed by atoms with van der Waals surface area (Å²) in [5, 5.41) is 9.78. The molecule has 2 atom stereocenters. The standard InChI is InChI=1S/C14H21ClN2O/c1-10-4-3-5-12(6-10)17(2)14-7-11(9-18)13(15)8-16-14/h7-8,10,12,18H,3-6,9H2,1-2H3. The highest BCUT2D eigenvalue weighted by Gasteiger charge is 2.23. The second kappa shape index (κ2) is 5.89. The third-order valence-electron chi connectivity index (χ3n) is 3.91. The van der Waals surface area contributed by atoms with Crippen molar-refractivity contribution in [1.29, 1.82) is 0 Å². The molecule has 1 saturated carbocycles. The third-order valence-corrected chi connectivity index (χ3v) is 4.25. The third kappa shape index (κ3) is 2.96. The van der Waals surface area contributed by atoms with Crippen LogP contribution in [0.25, 0.3) is 0 Å². The first-order chi connectivity index (χ1) is 8.61. The number of aliphatic hydroxyl groups excluding tert-OH is 1. The van der Waals surface area contributed by atoms with E-state index in [1.807, 2.05) is 6.07 Å². The topological polar surface area (TPSA) is 36.4 Å². The zero-order valence-electron chi connectivity index (χ0n) is 11.1. The molecular weight excluding hydrogens is 248 g/mol. The molecule has 1 fully saturated rings. The molecule has 1 aliphatic rings. The van der Waals surface area contributed by atoms with Gasteiger partial charge in [0.25, 0.3) is 0 Å². The van der Waals surface area contributed by atoms with Crippen LogP contribution in [0.2, 0.25) is 5.02 Å². The summed E-state index contributed by atoms with van der Waals surface area (Å²) < 4.78 is 0. The first kappa shape index (κ1) is 13.6. The van der Waals surface area contributed by atoms with Crippen LogP contribution in [-0.4, -0.2) is 23.2 Å². The molecule has 0 bridgehead atoms. The van der Waals surface area contributed by atoms with Crippen LogP contribution < -0.4 is 4.90 Å². The molecular formula is C14H21ClN2O. The van der Waals surface area contributed by atoms with E-state index in [0.29, 0.717) is 11.1 Å². The second-order valence-corrected chi connectivity index (χ2v) is 5.74. The number of hydrogen-bond acceptors (Lipinski definition) is 3. The van der Waals surface area contributed by atoms with Crippen LogP contribution in [0, 0.1) is 5.92 Å². The highest BCUT2D eigenvalue weighted by molar-refractivity contribution is 6.31. The van der Waals surface area contributed by atoms with Crippen molar-refractivity contribution >= 4 is 17.4 Å². The normalized spacial score (nSPS) is 24.0. The van der Waals surface area contributed by atoms with Crippen LogP contribution in [0.5, 0.6) is 0 Å². The van der Waals surface area contributed by atoms with Gasteiger partial charge in [0.15, 0.2) is 0 Å². The average Bonchev–Trinajstić information content (AvgIpc) is 2.38. The van der Waals surface area contributed by atoms with E-state index in [-0.39, 0.29) is 6.61 Å². The van der Waals surface area contributed by atoms with Gasteiger partial charge in [-0.25, -0.2) is 4.98 Å². The fourth-order valence-corrected chi connectivity index (χ4v) is 2.89. The average molecular weight is 269 g/mol. The van der Waals surface area contributed by atoms with Crippen molar-refractivity contribution in [3.05, 3.63) is 22.8 Å². The van der Waals surface area contributed by atoms with Gasteiger partial charge < -0.3 is 10.0 Å². The molecule has 1 heterocycles. The minimum atomic E-state index is -0.0384. The molecule has 1 aliphatic carbocycles. The SMILES string of the molecule is CC1CCCC(N(C)c2cc(CO)c(Cl)cn2)C1. The summed E-state index contributed by atoms with van der Waals surface area (Å²) >= 11 is 5.97. The van der Waals surface area contributed by atoms with Gasteiger partial charge >= 0.3 is 0 Å². The molecule has 0 aromatic carbocycles. The summed E-state index contributed by atoms with van der Waals surface area (Å²) in [4.78, 5) is 6.60.